The van der Waals surface area contributed by atoms with Crippen LogP contribution in [0.4, 0.5) is 5.82 Å². The van der Waals surface area contributed by atoms with Crippen molar-refractivity contribution in [2.45, 2.75) is 56.2 Å². The molecule has 1 atom stereocenters. The minimum atomic E-state index is -0.161. The van der Waals surface area contributed by atoms with Crippen LogP contribution in [0, 0.1) is 11.3 Å². The average molecular weight is 452 g/mol. The quantitative estimate of drug-likeness (QED) is 0.453. The van der Waals surface area contributed by atoms with Crippen LogP contribution in [0.2, 0.25) is 0 Å². The summed E-state index contributed by atoms with van der Waals surface area (Å²) >= 11 is 1.34. The first kappa shape index (κ1) is 21.0. The van der Waals surface area contributed by atoms with E-state index in [0.29, 0.717) is 23.0 Å². The van der Waals surface area contributed by atoms with Gasteiger partial charge in [0.1, 0.15) is 23.2 Å². The Hall–Kier alpha value is -2.90. The summed E-state index contributed by atoms with van der Waals surface area (Å²) in [6, 6.07) is 2.36. The first-order chi connectivity index (χ1) is 15.7. The van der Waals surface area contributed by atoms with Crippen LogP contribution in [-0.4, -0.2) is 48.7 Å². The number of anilines is 1. The Morgan fingerprint density at radius 2 is 2.22 bits per heavy atom. The fourth-order valence-electron chi connectivity index (χ4n) is 4.67. The lowest BCUT2D eigenvalue weighted by Gasteiger charge is -2.19. The van der Waals surface area contributed by atoms with Gasteiger partial charge in [-0.2, -0.15) is 10.4 Å². The van der Waals surface area contributed by atoms with Crippen LogP contribution in [0.1, 0.15) is 42.5 Å². The van der Waals surface area contributed by atoms with E-state index < -0.39 is 0 Å². The maximum absolute atomic E-state index is 12.9. The molecule has 0 spiro atoms. The van der Waals surface area contributed by atoms with Crippen LogP contribution in [0.3, 0.4) is 0 Å². The molecule has 1 aliphatic carbocycles. The monoisotopic (exact) mass is 451 g/mol. The third-order valence-corrected chi connectivity index (χ3v) is 7.19. The predicted molar refractivity (Wildman–Crippen MR) is 120 cm³/mol. The normalized spacial score (nSPS) is 17.9. The van der Waals surface area contributed by atoms with E-state index in [4.69, 9.17) is 4.74 Å². The molecule has 10 heteroatoms. The van der Waals surface area contributed by atoms with Crippen molar-refractivity contribution >= 4 is 34.5 Å². The number of carbonyl (C=O) groups is 1. The molecule has 1 saturated heterocycles. The lowest BCUT2D eigenvalue weighted by atomic mass is 9.95. The number of aromatic nitrogens is 5. The van der Waals surface area contributed by atoms with E-state index in [2.05, 4.69) is 31.0 Å². The second-order valence-corrected chi connectivity index (χ2v) is 9.20. The van der Waals surface area contributed by atoms with Crippen molar-refractivity contribution < 1.29 is 9.53 Å². The zero-order valence-electron chi connectivity index (χ0n) is 18.0. The first-order valence-corrected chi connectivity index (χ1v) is 12.0. The van der Waals surface area contributed by atoms with Gasteiger partial charge in [-0.15, -0.1) is 0 Å². The van der Waals surface area contributed by atoms with E-state index >= 15 is 0 Å². The van der Waals surface area contributed by atoms with Gasteiger partial charge in [-0.25, -0.2) is 9.97 Å². The second-order valence-electron chi connectivity index (χ2n) is 8.23. The highest BCUT2D eigenvalue weighted by Crippen LogP contribution is 2.34. The van der Waals surface area contributed by atoms with Crippen LogP contribution < -0.4 is 5.32 Å². The van der Waals surface area contributed by atoms with Crippen molar-refractivity contribution in [3.63, 3.8) is 0 Å². The highest BCUT2D eigenvalue weighted by molar-refractivity contribution is 8.00. The molecule has 1 fully saturated rings. The van der Waals surface area contributed by atoms with Crippen molar-refractivity contribution in [2.75, 3.05) is 17.7 Å². The maximum Gasteiger partial charge on any atom is 0.235 e. The van der Waals surface area contributed by atoms with Crippen molar-refractivity contribution in [3.8, 4) is 6.07 Å². The largest absolute Gasteiger partial charge is 0.376 e. The van der Waals surface area contributed by atoms with Gasteiger partial charge in [0, 0.05) is 19.3 Å². The number of rotatable bonds is 6. The van der Waals surface area contributed by atoms with E-state index in [1.54, 1.807) is 10.9 Å². The number of nitriles is 1. The number of fused-ring (bicyclic) bond motifs is 2. The summed E-state index contributed by atoms with van der Waals surface area (Å²) in [5, 5.41) is 18.7. The van der Waals surface area contributed by atoms with Crippen molar-refractivity contribution in [1.82, 2.24) is 24.3 Å². The topological polar surface area (TPSA) is 111 Å². The molecule has 2 aliphatic rings. The van der Waals surface area contributed by atoms with E-state index in [1.165, 1.54) is 23.8 Å². The maximum atomic E-state index is 12.9. The second kappa shape index (κ2) is 8.92. The third-order valence-electron chi connectivity index (χ3n) is 6.19. The van der Waals surface area contributed by atoms with Crippen LogP contribution in [0.15, 0.2) is 17.6 Å². The number of carbonyl (C=O) groups excluding carboxylic acids is 1. The van der Waals surface area contributed by atoms with E-state index in [-0.39, 0.29) is 17.8 Å². The number of nitrogens with zero attached hydrogens (tertiary/aromatic N) is 6. The van der Waals surface area contributed by atoms with Crippen molar-refractivity contribution in [1.29, 1.82) is 5.26 Å². The number of thioether (sulfide) groups is 1. The summed E-state index contributed by atoms with van der Waals surface area (Å²) in [5.74, 6) is 0.641. The van der Waals surface area contributed by atoms with Gasteiger partial charge in [0.15, 0.2) is 5.65 Å². The Bertz CT molecular complexity index is 1200. The van der Waals surface area contributed by atoms with Gasteiger partial charge in [0.2, 0.25) is 5.91 Å². The summed E-state index contributed by atoms with van der Waals surface area (Å²) < 4.78 is 9.67. The van der Waals surface area contributed by atoms with Gasteiger partial charge in [-0.05, 0) is 44.1 Å². The Morgan fingerprint density at radius 1 is 1.34 bits per heavy atom. The molecular weight excluding hydrogens is 426 g/mol. The minimum Gasteiger partial charge on any atom is -0.376 e. The molecule has 3 aromatic rings. The molecule has 166 valence electrons. The highest BCUT2D eigenvalue weighted by atomic mass is 32.2. The van der Waals surface area contributed by atoms with E-state index in [9.17, 15) is 10.1 Å². The number of amides is 1. The molecule has 1 aliphatic heterocycles. The standard InChI is InChI=1S/C22H25N7O2S/c1-28-20-17(10-26-28)22(25-13-24-20)32-12-19(30)27-21-16(9-23)15-6-2-3-7-18(15)29(21)11-14-5-4-8-31-14/h10,13-14H,2-8,11-12H2,1H3,(H,27,30)/t14-/m1/s1. The van der Waals surface area contributed by atoms with Crippen molar-refractivity contribution in [3.05, 3.63) is 29.3 Å². The minimum absolute atomic E-state index is 0.130. The van der Waals surface area contributed by atoms with Gasteiger partial charge < -0.3 is 14.6 Å². The number of aryl methyl sites for hydroxylation is 1. The van der Waals surface area contributed by atoms with Crippen LogP contribution in [0.5, 0.6) is 0 Å². The zero-order valence-corrected chi connectivity index (χ0v) is 18.8. The average Bonchev–Trinajstić information content (AvgIpc) is 3.52. The fourth-order valence-corrected chi connectivity index (χ4v) is 5.43. The molecule has 1 N–H and O–H groups in total. The van der Waals surface area contributed by atoms with Crippen LogP contribution in [-0.2, 0) is 36.0 Å². The fraction of sp³-hybridized carbons (Fsp3) is 0.500. The SMILES string of the molecule is Cn1ncc2c(SCC(=O)Nc3c(C#N)c4c(n3C[C@H]3CCCO3)CCCC4)ncnc21. The van der Waals surface area contributed by atoms with E-state index in [1.807, 2.05) is 7.05 Å². The molecule has 1 amide bonds. The molecule has 0 radical (unpaired) electrons. The van der Waals surface area contributed by atoms with Gasteiger partial charge >= 0.3 is 0 Å². The van der Waals surface area contributed by atoms with Crippen LogP contribution in [0.25, 0.3) is 11.0 Å². The third kappa shape index (κ3) is 3.87. The lowest BCUT2D eigenvalue weighted by Crippen LogP contribution is -2.23. The molecule has 5 rings (SSSR count). The highest BCUT2D eigenvalue weighted by Gasteiger charge is 2.28. The first-order valence-electron chi connectivity index (χ1n) is 11.0. The number of nitrogens with one attached hydrogen (secondary N) is 1. The Balaban J connectivity index is 1.38. The Labute approximate surface area is 190 Å². The van der Waals surface area contributed by atoms with Gasteiger partial charge in [0.05, 0.1) is 35.5 Å². The molecule has 32 heavy (non-hydrogen) atoms. The molecule has 4 heterocycles. The number of hydrogen-bond acceptors (Lipinski definition) is 7. The molecule has 0 saturated carbocycles. The number of ether oxygens (including phenoxy) is 1. The smallest absolute Gasteiger partial charge is 0.235 e. The molecule has 3 aromatic heterocycles. The van der Waals surface area contributed by atoms with Gasteiger partial charge in [-0.3, -0.25) is 9.48 Å². The van der Waals surface area contributed by atoms with Crippen LogP contribution >= 0.6 is 11.8 Å². The molecule has 0 aromatic carbocycles. The predicted octanol–water partition coefficient (Wildman–Crippen LogP) is 2.83. The van der Waals surface area contributed by atoms with Gasteiger partial charge in [0.25, 0.3) is 0 Å². The number of hydrogen-bond donors (Lipinski definition) is 1. The Morgan fingerprint density at radius 3 is 3.03 bits per heavy atom. The summed E-state index contributed by atoms with van der Waals surface area (Å²) in [4.78, 5) is 21.5. The van der Waals surface area contributed by atoms with E-state index in [0.717, 1.165) is 61.7 Å². The summed E-state index contributed by atoms with van der Waals surface area (Å²) in [6.45, 7) is 1.45. The molecular formula is C22H25N7O2S. The van der Waals surface area contributed by atoms with Gasteiger partial charge in [-0.1, -0.05) is 11.8 Å². The molecule has 0 unspecified atom stereocenters. The molecule has 9 nitrogen and oxygen atoms in total. The Kier molecular flexibility index (Phi) is 5.85. The lowest BCUT2D eigenvalue weighted by molar-refractivity contribution is -0.113. The summed E-state index contributed by atoms with van der Waals surface area (Å²) in [6.07, 6.45) is 9.38. The van der Waals surface area contributed by atoms with Crippen molar-refractivity contribution in [2.24, 2.45) is 7.05 Å². The molecule has 0 bridgehead atoms. The summed E-state index contributed by atoms with van der Waals surface area (Å²) in [7, 11) is 1.82. The zero-order chi connectivity index (χ0) is 22.1. The summed E-state index contributed by atoms with van der Waals surface area (Å²) in [5.41, 5.74) is 3.60.